The molecule has 11 bridgehead atoms. The van der Waals surface area contributed by atoms with Crippen molar-refractivity contribution in [1.29, 1.82) is 0 Å². The van der Waals surface area contributed by atoms with E-state index in [1.165, 1.54) is 83.7 Å². The van der Waals surface area contributed by atoms with Gasteiger partial charge in [-0.15, -0.1) is 0 Å². The summed E-state index contributed by atoms with van der Waals surface area (Å²) in [5.74, 6) is 1.68. The molecule has 0 fully saturated rings. The van der Waals surface area contributed by atoms with Crippen LogP contribution >= 0.6 is 0 Å². The lowest BCUT2D eigenvalue weighted by Crippen LogP contribution is -2.56. The van der Waals surface area contributed by atoms with E-state index in [9.17, 15) is 5.11 Å². The van der Waals surface area contributed by atoms with Gasteiger partial charge in [-0.25, -0.2) is 0 Å². The van der Waals surface area contributed by atoms with Crippen molar-refractivity contribution in [2.24, 2.45) is 0 Å². The van der Waals surface area contributed by atoms with E-state index in [0.29, 0.717) is 0 Å². The topological polar surface area (TPSA) is 39.2 Å². The Labute approximate surface area is 479 Å². The number of aliphatic hydroxyl groups is 1. The Morgan fingerprint density at radius 1 is 0.494 bits per heavy atom. The van der Waals surface area contributed by atoms with Gasteiger partial charge in [0.15, 0.2) is 11.5 Å². The maximum absolute atomic E-state index is 11.2. The fourth-order valence-electron chi connectivity index (χ4n) is 16.8. The molecule has 5 atom stereocenters. The van der Waals surface area contributed by atoms with E-state index in [-0.39, 0.29) is 28.5 Å². The lowest BCUT2D eigenvalue weighted by molar-refractivity contribution is 0.197. The molecule has 9 aromatic rings. The first-order chi connectivity index (χ1) is 39.6. The number of aryl methyl sites for hydroxylation is 2. The number of nitrogens with zero attached hydrogens (tertiary/aromatic N) is 3. The first kappa shape index (κ1) is 50.1. The average molecular weight is 1060 g/mol. The second-order valence-corrected chi connectivity index (χ2v) is 25.0. The highest BCUT2D eigenvalue weighted by molar-refractivity contribution is 5.98. The van der Waals surface area contributed by atoms with Crippen LogP contribution in [0.2, 0.25) is 0 Å². The Balaban J connectivity index is 0.929. The fourth-order valence-corrected chi connectivity index (χ4v) is 16.8. The summed E-state index contributed by atoms with van der Waals surface area (Å²) >= 11 is 0. The number of benzene rings is 9. The molecule has 9 aromatic carbocycles. The van der Waals surface area contributed by atoms with E-state index in [1.807, 2.05) is 0 Å². The Bertz CT molecular complexity index is 3980. The summed E-state index contributed by atoms with van der Waals surface area (Å²) in [5, 5.41) is 11.2. The van der Waals surface area contributed by atoms with Gasteiger partial charge >= 0.3 is 0 Å². The third kappa shape index (κ3) is 6.88. The van der Waals surface area contributed by atoms with Crippen molar-refractivity contribution in [1.82, 2.24) is 0 Å². The number of fused-ring (bicyclic) bond motifs is 8. The molecule has 0 radical (unpaired) electrons. The van der Waals surface area contributed by atoms with Gasteiger partial charge in [-0.3, -0.25) is 0 Å². The van der Waals surface area contributed by atoms with Crippen LogP contribution in [0.5, 0.6) is 11.5 Å². The first-order valence-corrected chi connectivity index (χ1v) is 30.3. The van der Waals surface area contributed by atoms with Crippen LogP contribution in [-0.4, -0.2) is 22.8 Å². The fraction of sp³-hybridized carbons (Fsp3) is 0.289. The first-order valence-electron chi connectivity index (χ1n) is 30.3. The monoisotopic (exact) mass is 1060 g/mol. The summed E-state index contributed by atoms with van der Waals surface area (Å²) < 4.78 is 7.45. The van der Waals surface area contributed by atoms with Gasteiger partial charge in [0.1, 0.15) is 0 Å². The minimum atomic E-state index is -0.477. The highest BCUT2D eigenvalue weighted by Crippen LogP contribution is 2.71. The highest BCUT2D eigenvalue weighted by Gasteiger charge is 2.67. The smallest absolute Gasteiger partial charge is 0.153 e. The van der Waals surface area contributed by atoms with Crippen molar-refractivity contribution in [3.8, 4) is 33.8 Å². The van der Waals surface area contributed by atoms with E-state index < -0.39 is 5.41 Å². The van der Waals surface area contributed by atoms with Gasteiger partial charge in [-0.05, 0) is 197 Å². The van der Waals surface area contributed by atoms with Crippen LogP contribution in [0.15, 0.2) is 194 Å². The molecule has 17 rings (SSSR count). The molecular weight excluding hydrogens is 987 g/mol. The number of hydrogen-bond acceptors (Lipinski definition) is 5. The molecule has 7 aliphatic carbocycles. The summed E-state index contributed by atoms with van der Waals surface area (Å²) in [6.45, 7) is 14.3. The van der Waals surface area contributed by atoms with Crippen LogP contribution in [0, 0.1) is 0 Å². The van der Waals surface area contributed by atoms with Crippen LogP contribution in [-0.2, 0) is 29.1 Å². The molecule has 0 amide bonds. The van der Waals surface area contributed by atoms with Crippen molar-refractivity contribution in [2.75, 3.05) is 21.3 Å². The molecule has 8 aliphatic rings. The minimum Gasteiger partial charge on any atom is -0.453 e. The normalized spacial score (nSPS) is 21.1. The van der Waals surface area contributed by atoms with E-state index >= 15 is 0 Å². The Morgan fingerprint density at radius 3 is 1.64 bits per heavy atom. The zero-order valence-electron chi connectivity index (χ0n) is 48.0. The molecule has 1 spiro atoms. The van der Waals surface area contributed by atoms with Crippen molar-refractivity contribution >= 4 is 39.8 Å². The van der Waals surface area contributed by atoms with E-state index in [4.69, 9.17) is 4.74 Å². The largest absolute Gasteiger partial charge is 0.453 e. The SMILES string of the molecule is CCCC(C)(CC)N(c1ccccc1)c1ccc2c(c1)Oc1cc(N(c3ccccc3)C(CC)(CCC)C34CCc5ccc6c(c5)-c5cc7ccc5C65c6cc(ccc6-c6cc3c4cc65)C(C)(CO)CC7)ccc1N2c1ccccc1. The quantitative estimate of drug-likeness (QED) is 0.111. The predicted molar refractivity (Wildman–Crippen MR) is 334 cm³/mol. The highest BCUT2D eigenvalue weighted by atomic mass is 16.5. The number of anilines is 7. The van der Waals surface area contributed by atoms with Crippen LogP contribution in [0.25, 0.3) is 22.3 Å². The summed E-state index contributed by atoms with van der Waals surface area (Å²) in [7, 11) is 0. The molecule has 0 aromatic heterocycles. The molecule has 0 saturated carbocycles. The van der Waals surface area contributed by atoms with E-state index in [2.05, 4.69) is 250 Å². The van der Waals surface area contributed by atoms with Crippen molar-refractivity contribution < 1.29 is 9.84 Å². The molecule has 5 nitrogen and oxygen atoms in total. The van der Waals surface area contributed by atoms with Crippen molar-refractivity contribution in [3.05, 3.63) is 244 Å². The van der Waals surface area contributed by atoms with Crippen LogP contribution < -0.4 is 19.4 Å². The molecule has 1 N–H and O–H groups in total. The van der Waals surface area contributed by atoms with Crippen LogP contribution in [0.4, 0.5) is 39.8 Å². The van der Waals surface area contributed by atoms with Gasteiger partial charge in [0.2, 0.25) is 0 Å². The zero-order chi connectivity index (χ0) is 55.0. The van der Waals surface area contributed by atoms with Crippen LogP contribution in [0.3, 0.4) is 0 Å². The van der Waals surface area contributed by atoms with E-state index in [1.54, 1.807) is 0 Å². The standard InChI is InChI=1S/C76H73N3O2/c1-7-38-73(6,9-3)78(54-22-16-12-17-23-54)56-29-34-68-70(45-56)81-71-46-57(30-35-69(71)77(68)53-20-14-11-15-21-53)79(55-24-18-13-19-25-55)74(10-4,39-8-2)75-41-37-51-27-33-63-60(43-51)59-42-50-26-32-62(59)76(63)64-44-52(72(5,49-80)40-36-50)28-31-58(64)61-47-66(75)67(75)48-65(61)76/h11-35,42-48,80H,7-10,36-41,49H2,1-6H3. The number of para-hydroxylation sites is 3. The molecule has 5 unspecified atom stereocenters. The Morgan fingerprint density at radius 2 is 1.05 bits per heavy atom. The zero-order valence-corrected chi connectivity index (χ0v) is 48.0. The minimum absolute atomic E-state index is 0.113. The lowest BCUT2D eigenvalue weighted by atomic mass is 9.67. The second kappa shape index (κ2) is 18.3. The predicted octanol–water partition coefficient (Wildman–Crippen LogP) is 19.2. The molecule has 1 heterocycles. The molecule has 1 aliphatic heterocycles. The van der Waals surface area contributed by atoms with Gasteiger partial charge in [0.05, 0.1) is 28.9 Å². The molecular formula is C76H73N3O2. The van der Waals surface area contributed by atoms with Crippen molar-refractivity contribution in [2.45, 2.75) is 133 Å². The lowest BCUT2D eigenvalue weighted by Gasteiger charge is -2.52. The Kier molecular flexibility index (Phi) is 11.3. The third-order valence-electron chi connectivity index (χ3n) is 20.9. The number of hydrogen-bond donors (Lipinski definition) is 1. The number of ether oxygens (including phenoxy) is 1. The van der Waals surface area contributed by atoms with Gasteiger partial charge in [0.25, 0.3) is 0 Å². The summed E-state index contributed by atoms with van der Waals surface area (Å²) in [5.41, 5.74) is 24.2. The Hall–Kier alpha value is -7.86. The van der Waals surface area contributed by atoms with Gasteiger partial charge < -0.3 is 24.5 Å². The summed E-state index contributed by atoms with van der Waals surface area (Å²) in [4.78, 5) is 7.72. The summed E-state index contributed by atoms with van der Waals surface area (Å²) in [6.07, 6.45) is 9.84. The number of rotatable bonds is 15. The maximum Gasteiger partial charge on any atom is 0.153 e. The average Bonchev–Trinajstić information content (AvgIpc) is 2.71. The molecule has 404 valence electrons. The molecule has 81 heavy (non-hydrogen) atoms. The van der Waals surface area contributed by atoms with Gasteiger partial charge in [0, 0.05) is 56.9 Å². The van der Waals surface area contributed by atoms with Crippen molar-refractivity contribution in [3.63, 3.8) is 0 Å². The molecule has 5 heteroatoms. The third-order valence-corrected chi connectivity index (χ3v) is 20.9. The maximum atomic E-state index is 11.2. The van der Waals surface area contributed by atoms with E-state index in [0.717, 1.165) is 104 Å². The summed E-state index contributed by atoms with van der Waals surface area (Å²) in [6, 6.07) is 74.6. The number of aliphatic hydroxyl groups excluding tert-OH is 1. The van der Waals surface area contributed by atoms with Gasteiger partial charge in [-0.2, -0.15) is 0 Å². The molecule has 0 saturated heterocycles. The van der Waals surface area contributed by atoms with Crippen LogP contribution in [0.1, 0.15) is 143 Å². The second-order valence-electron chi connectivity index (χ2n) is 25.0. The van der Waals surface area contributed by atoms with Gasteiger partial charge in [-0.1, -0.05) is 163 Å².